The number of methoxy groups -OCH3 is 1. The summed E-state index contributed by atoms with van der Waals surface area (Å²) in [5.74, 6) is 0.962. The van der Waals surface area contributed by atoms with Crippen molar-refractivity contribution in [1.29, 1.82) is 0 Å². The van der Waals surface area contributed by atoms with Crippen LogP contribution in [0.5, 0.6) is 5.75 Å². The second kappa shape index (κ2) is 4.38. The average Bonchev–Trinajstić information content (AvgIpc) is 2.53. The van der Waals surface area contributed by atoms with Crippen molar-refractivity contribution < 1.29 is 9.84 Å². The highest BCUT2D eigenvalue weighted by molar-refractivity contribution is 5.44. The topological polar surface area (TPSA) is 29.5 Å². The van der Waals surface area contributed by atoms with Gasteiger partial charge in [-0.15, -0.1) is 0 Å². The van der Waals surface area contributed by atoms with Crippen LogP contribution in [0.15, 0.2) is 35.4 Å². The molecule has 0 spiro atoms. The minimum Gasteiger partial charge on any atom is -0.497 e. The fourth-order valence-electron chi connectivity index (χ4n) is 3.25. The molecule has 0 bridgehead atoms. The first kappa shape index (κ1) is 14.1. The van der Waals surface area contributed by atoms with Crippen LogP contribution >= 0.6 is 0 Å². The number of allylic oxidation sites excluding steroid dienone is 1. The molecule has 0 aromatic heterocycles. The molecule has 1 aromatic carbocycles. The zero-order valence-electron chi connectivity index (χ0n) is 12.7. The lowest BCUT2D eigenvalue weighted by atomic mass is 9.72. The fraction of sp³-hybridized carbons (Fsp3) is 0.529. The average molecular weight is 260 g/mol. The van der Waals surface area contributed by atoms with E-state index >= 15 is 0 Å². The summed E-state index contributed by atoms with van der Waals surface area (Å²) in [6, 6.07) is 7.75. The summed E-state index contributed by atoms with van der Waals surface area (Å²) in [6.45, 7) is 10.7. The van der Waals surface area contributed by atoms with Crippen molar-refractivity contribution in [2.24, 2.45) is 11.3 Å². The quantitative estimate of drug-likeness (QED) is 0.817. The molecule has 2 nitrogen and oxygen atoms in total. The van der Waals surface area contributed by atoms with Crippen LogP contribution in [0.25, 0.3) is 0 Å². The van der Waals surface area contributed by atoms with Crippen LogP contribution in [0.4, 0.5) is 0 Å². The molecule has 1 aliphatic carbocycles. The normalized spacial score (nSPS) is 29.7. The number of ether oxygens (including phenoxy) is 1. The van der Waals surface area contributed by atoms with Crippen LogP contribution in [0, 0.1) is 11.3 Å². The number of rotatable bonds is 2. The summed E-state index contributed by atoms with van der Waals surface area (Å²) in [4.78, 5) is 0. The van der Waals surface area contributed by atoms with Gasteiger partial charge in [0.1, 0.15) is 11.4 Å². The lowest BCUT2D eigenvalue weighted by Crippen LogP contribution is -2.36. The second-order valence-corrected chi connectivity index (χ2v) is 6.19. The Morgan fingerprint density at radius 1 is 1.05 bits per heavy atom. The summed E-state index contributed by atoms with van der Waals surface area (Å²) >= 11 is 0. The molecule has 0 heterocycles. The maximum atomic E-state index is 11.3. The molecule has 1 N–H and O–H groups in total. The lowest BCUT2D eigenvalue weighted by Gasteiger charge is -2.36. The lowest BCUT2D eigenvalue weighted by molar-refractivity contribution is -0.000740. The highest BCUT2D eigenvalue weighted by Crippen LogP contribution is 2.56. The Hall–Kier alpha value is -1.28. The Kier molecular flexibility index (Phi) is 3.26. The van der Waals surface area contributed by atoms with Crippen molar-refractivity contribution in [3.05, 3.63) is 41.0 Å². The second-order valence-electron chi connectivity index (χ2n) is 6.19. The molecule has 2 heteroatoms. The molecule has 2 rings (SSSR count). The van der Waals surface area contributed by atoms with Gasteiger partial charge >= 0.3 is 0 Å². The van der Waals surface area contributed by atoms with E-state index in [0.29, 0.717) is 0 Å². The molecule has 0 saturated heterocycles. The Morgan fingerprint density at radius 3 is 1.95 bits per heavy atom. The van der Waals surface area contributed by atoms with Gasteiger partial charge in [0.2, 0.25) is 0 Å². The molecule has 0 amide bonds. The van der Waals surface area contributed by atoms with Gasteiger partial charge < -0.3 is 9.84 Å². The Bertz CT molecular complexity index is 511. The zero-order chi connectivity index (χ0) is 14.4. The predicted octanol–water partition coefficient (Wildman–Crippen LogP) is 3.90. The fourth-order valence-corrected chi connectivity index (χ4v) is 3.25. The highest BCUT2D eigenvalue weighted by Gasteiger charge is 2.52. The van der Waals surface area contributed by atoms with Gasteiger partial charge in [-0.1, -0.05) is 38.5 Å². The third-order valence-corrected chi connectivity index (χ3v) is 5.34. The largest absolute Gasteiger partial charge is 0.497 e. The molecular formula is C17H24O2. The van der Waals surface area contributed by atoms with E-state index in [1.165, 1.54) is 5.57 Å². The van der Waals surface area contributed by atoms with Crippen molar-refractivity contribution >= 4 is 0 Å². The molecule has 0 radical (unpaired) electrons. The molecule has 2 unspecified atom stereocenters. The molecule has 19 heavy (non-hydrogen) atoms. The number of hydrogen-bond donors (Lipinski definition) is 1. The first-order valence-electron chi connectivity index (χ1n) is 6.81. The molecule has 0 saturated carbocycles. The molecule has 0 aliphatic heterocycles. The highest BCUT2D eigenvalue weighted by atomic mass is 16.5. The van der Waals surface area contributed by atoms with Crippen molar-refractivity contribution in [2.75, 3.05) is 7.11 Å². The molecule has 104 valence electrons. The van der Waals surface area contributed by atoms with E-state index in [2.05, 4.69) is 27.7 Å². The summed E-state index contributed by atoms with van der Waals surface area (Å²) in [5, 5.41) is 11.3. The van der Waals surface area contributed by atoms with Crippen molar-refractivity contribution in [1.82, 2.24) is 0 Å². The van der Waals surface area contributed by atoms with Crippen LogP contribution in [-0.2, 0) is 5.60 Å². The third kappa shape index (κ3) is 1.81. The first-order chi connectivity index (χ1) is 8.76. The molecule has 1 aromatic rings. The Labute approximate surface area is 116 Å². The van der Waals surface area contributed by atoms with Crippen molar-refractivity contribution in [3.8, 4) is 5.75 Å². The van der Waals surface area contributed by atoms with Gasteiger partial charge in [-0.3, -0.25) is 0 Å². The van der Waals surface area contributed by atoms with Crippen molar-refractivity contribution in [2.45, 2.75) is 40.2 Å². The van der Waals surface area contributed by atoms with E-state index in [9.17, 15) is 5.11 Å². The Balaban J connectivity index is 2.53. The van der Waals surface area contributed by atoms with E-state index in [4.69, 9.17) is 4.74 Å². The van der Waals surface area contributed by atoms with E-state index in [1.54, 1.807) is 7.11 Å². The predicted molar refractivity (Wildman–Crippen MR) is 78.2 cm³/mol. The van der Waals surface area contributed by atoms with Crippen LogP contribution in [0.1, 0.15) is 40.2 Å². The van der Waals surface area contributed by atoms with Gasteiger partial charge in [0.25, 0.3) is 0 Å². The minimum atomic E-state index is -0.875. The SMILES string of the molecule is COc1ccc(C2(O)C(C)=C(C)C(C)(C)C2C)cc1. The molecule has 0 fully saturated rings. The molecule has 2 atom stereocenters. The summed E-state index contributed by atoms with van der Waals surface area (Å²) < 4.78 is 5.19. The Morgan fingerprint density at radius 2 is 1.58 bits per heavy atom. The summed E-state index contributed by atoms with van der Waals surface area (Å²) in [7, 11) is 1.65. The number of aliphatic hydroxyl groups is 1. The van der Waals surface area contributed by atoms with Crippen LogP contribution < -0.4 is 4.74 Å². The van der Waals surface area contributed by atoms with Gasteiger partial charge in [-0.25, -0.2) is 0 Å². The van der Waals surface area contributed by atoms with E-state index in [1.807, 2.05) is 31.2 Å². The van der Waals surface area contributed by atoms with Crippen LogP contribution in [-0.4, -0.2) is 12.2 Å². The summed E-state index contributed by atoms with van der Waals surface area (Å²) in [5.41, 5.74) is 2.45. The van der Waals surface area contributed by atoms with Gasteiger partial charge in [0.05, 0.1) is 7.11 Å². The molecular weight excluding hydrogens is 236 g/mol. The minimum absolute atomic E-state index is 0.0127. The van der Waals surface area contributed by atoms with E-state index in [-0.39, 0.29) is 11.3 Å². The van der Waals surface area contributed by atoms with E-state index in [0.717, 1.165) is 16.9 Å². The maximum absolute atomic E-state index is 11.3. The number of benzene rings is 1. The number of hydrogen-bond acceptors (Lipinski definition) is 2. The molecule has 1 aliphatic rings. The standard InChI is InChI=1S/C17H24O2/c1-11-12(2)17(18,13(3)16(11,4)5)14-7-9-15(19-6)10-8-14/h7-10,13,18H,1-6H3. The van der Waals surface area contributed by atoms with Gasteiger partial charge in [0.15, 0.2) is 0 Å². The van der Waals surface area contributed by atoms with Crippen LogP contribution in [0.3, 0.4) is 0 Å². The van der Waals surface area contributed by atoms with E-state index < -0.39 is 5.60 Å². The summed E-state index contributed by atoms with van der Waals surface area (Å²) in [6.07, 6.45) is 0. The zero-order valence-corrected chi connectivity index (χ0v) is 12.7. The van der Waals surface area contributed by atoms with Crippen molar-refractivity contribution in [3.63, 3.8) is 0 Å². The smallest absolute Gasteiger partial charge is 0.118 e. The van der Waals surface area contributed by atoms with Gasteiger partial charge in [-0.05, 0) is 42.5 Å². The van der Waals surface area contributed by atoms with Gasteiger partial charge in [-0.2, -0.15) is 0 Å². The third-order valence-electron chi connectivity index (χ3n) is 5.34. The maximum Gasteiger partial charge on any atom is 0.118 e. The first-order valence-corrected chi connectivity index (χ1v) is 6.81. The van der Waals surface area contributed by atoms with Crippen LogP contribution in [0.2, 0.25) is 0 Å². The monoisotopic (exact) mass is 260 g/mol. The van der Waals surface area contributed by atoms with Gasteiger partial charge in [0, 0.05) is 5.92 Å².